The molecule has 88 valence electrons. The van der Waals surface area contributed by atoms with Gasteiger partial charge in [-0.25, -0.2) is 8.78 Å². The molecule has 0 aliphatic rings. The number of rotatable bonds is 2. The Balaban J connectivity index is 2.34. The second-order valence-corrected chi connectivity index (χ2v) is 3.85. The molecule has 0 spiro atoms. The van der Waals surface area contributed by atoms with Crippen LogP contribution in [0, 0.1) is 11.6 Å². The predicted molar refractivity (Wildman–Crippen MR) is 58.6 cm³/mol. The van der Waals surface area contributed by atoms with E-state index in [1.165, 1.54) is 6.20 Å². The third kappa shape index (κ3) is 2.21. The first kappa shape index (κ1) is 11.4. The SMILES string of the molecule is Nc1ccc(F)c(C(=O)Nc2cnns2)c1F. The summed E-state index contributed by atoms with van der Waals surface area (Å²) in [6, 6.07) is 1.98. The van der Waals surface area contributed by atoms with Crippen molar-refractivity contribution in [3.05, 3.63) is 35.5 Å². The first-order valence-electron chi connectivity index (χ1n) is 4.42. The van der Waals surface area contributed by atoms with E-state index in [0.29, 0.717) is 0 Å². The molecule has 0 fully saturated rings. The molecule has 1 heterocycles. The lowest BCUT2D eigenvalue weighted by atomic mass is 10.1. The van der Waals surface area contributed by atoms with Crippen molar-refractivity contribution in [1.29, 1.82) is 0 Å². The molecule has 1 amide bonds. The van der Waals surface area contributed by atoms with Gasteiger partial charge in [-0.1, -0.05) is 4.49 Å². The van der Waals surface area contributed by atoms with E-state index in [1.807, 2.05) is 0 Å². The van der Waals surface area contributed by atoms with Crippen molar-refractivity contribution in [2.45, 2.75) is 0 Å². The van der Waals surface area contributed by atoms with Gasteiger partial charge in [-0.05, 0) is 12.1 Å². The average molecular weight is 256 g/mol. The highest BCUT2D eigenvalue weighted by Crippen LogP contribution is 2.20. The van der Waals surface area contributed by atoms with Gasteiger partial charge in [-0.3, -0.25) is 4.79 Å². The molecule has 2 aromatic rings. The molecule has 17 heavy (non-hydrogen) atoms. The lowest BCUT2D eigenvalue weighted by Gasteiger charge is -2.06. The zero-order chi connectivity index (χ0) is 12.4. The molecule has 0 saturated heterocycles. The van der Waals surface area contributed by atoms with E-state index in [1.54, 1.807) is 0 Å². The number of aromatic nitrogens is 2. The highest BCUT2D eigenvalue weighted by molar-refractivity contribution is 7.10. The van der Waals surface area contributed by atoms with E-state index in [2.05, 4.69) is 14.9 Å². The minimum Gasteiger partial charge on any atom is -0.396 e. The largest absolute Gasteiger partial charge is 0.396 e. The van der Waals surface area contributed by atoms with Crippen molar-refractivity contribution < 1.29 is 13.6 Å². The smallest absolute Gasteiger partial charge is 0.262 e. The van der Waals surface area contributed by atoms with Crippen LogP contribution in [0.25, 0.3) is 0 Å². The second-order valence-electron chi connectivity index (χ2n) is 3.06. The Morgan fingerprint density at radius 2 is 2.18 bits per heavy atom. The molecule has 2 rings (SSSR count). The number of nitrogen functional groups attached to an aromatic ring is 1. The topological polar surface area (TPSA) is 80.9 Å². The van der Waals surface area contributed by atoms with Crippen LogP contribution in [0.1, 0.15) is 10.4 Å². The fraction of sp³-hybridized carbons (Fsp3) is 0. The van der Waals surface area contributed by atoms with Crippen LogP contribution in [0.15, 0.2) is 18.3 Å². The van der Waals surface area contributed by atoms with E-state index in [9.17, 15) is 13.6 Å². The lowest BCUT2D eigenvalue weighted by molar-refractivity contribution is 0.101. The summed E-state index contributed by atoms with van der Waals surface area (Å²) in [5.41, 5.74) is 4.24. The van der Waals surface area contributed by atoms with Crippen LogP contribution < -0.4 is 11.1 Å². The third-order valence-electron chi connectivity index (χ3n) is 1.95. The summed E-state index contributed by atoms with van der Waals surface area (Å²) in [5.74, 6) is -3.00. The Morgan fingerprint density at radius 1 is 1.41 bits per heavy atom. The molecule has 0 saturated carbocycles. The normalized spacial score (nSPS) is 10.2. The second kappa shape index (κ2) is 4.42. The molecule has 0 bridgehead atoms. The Kier molecular flexibility index (Phi) is 2.96. The summed E-state index contributed by atoms with van der Waals surface area (Å²) in [6.45, 7) is 0. The van der Waals surface area contributed by atoms with Crippen molar-refractivity contribution in [1.82, 2.24) is 9.59 Å². The molecule has 5 nitrogen and oxygen atoms in total. The molecule has 0 unspecified atom stereocenters. The van der Waals surface area contributed by atoms with Crippen LogP contribution in [-0.2, 0) is 0 Å². The molecule has 0 radical (unpaired) electrons. The van der Waals surface area contributed by atoms with Crippen molar-refractivity contribution in [2.24, 2.45) is 0 Å². The molecule has 3 N–H and O–H groups in total. The number of halogens is 2. The summed E-state index contributed by atoms with van der Waals surface area (Å²) in [4.78, 5) is 11.6. The van der Waals surface area contributed by atoms with Crippen molar-refractivity contribution in [3.63, 3.8) is 0 Å². The van der Waals surface area contributed by atoms with E-state index in [4.69, 9.17) is 5.73 Å². The van der Waals surface area contributed by atoms with Crippen molar-refractivity contribution in [3.8, 4) is 0 Å². The highest BCUT2D eigenvalue weighted by Gasteiger charge is 2.20. The zero-order valence-electron chi connectivity index (χ0n) is 8.28. The number of benzene rings is 1. The standard InChI is InChI=1S/C9H6F2N4OS/c10-4-1-2-5(12)8(11)7(4)9(16)14-6-3-13-15-17-6/h1-3H,12H2,(H,14,16). The van der Waals surface area contributed by atoms with Crippen LogP contribution in [0.5, 0.6) is 0 Å². The number of hydrogen-bond donors (Lipinski definition) is 2. The predicted octanol–water partition coefficient (Wildman–Crippen LogP) is 1.65. The number of nitrogens with zero attached hydrogens (tertiary/aromatic N) is 2. The van der Waals surface area contributed by atoms with Gasteiger partial charge in [0.25, 0.3) is 5.91 Å². The molecule has 1 aromatic carbocycles. The number of carbonyl (C=O) groups excluding carboxylic acids is 1. The monoisotopic (exact) mass is 256 g/mol. The van der Waals surface area contributed by atoms with Gasteiger partial charge < -0.3 is 11.1 Å². The number of nitrogens with two attached hydrogens (primary N) is 1. The van der Waals surface area contributed by atoms with Gasteiger partial charge >= 0.3 is 0 Å². The van der Waals surface area contributed by atoms with E-state index >= 15 is 0 Å². The number of hydrogen-bond acceptors (Lipinski definition) is 5. The highest BCUT2D eigenvalue weighted by atomic mass is 32.1. The molecule has 0 atom stereocenters. The maximum absolute atomic E-state index is 13.5. The van der Waals surface area contributed by atoms with Gasteiger partial charge in [-0.2, -0.15) is 0 Å². The van der Waals surface area contributed by atoms with Crippen LogP contribution >= 0.6 is 11.5 Å². The minimum atomic E-state index is -1.08. The number of nitrogens with one attached hydrogen (secondary N) is 1. The maximum atomic E-state index is 13.5. The average Bonchev–Trinajstić information content (AvgIpc) is 2.77. The van der Waals surface area contributed by atoms with Crippen LogP contribution in [0.3, 0.4) is 0 Å². The number of amides is 1. The summed E-state index contributed by atoms with van der Waals surface area (Å²) < 4.78 is 30.3. The van der Waals surface area contributed by atoms with Crippen molar-refractivity contribution in [2.75, 3.05) is 11.1 Å². The maximum Gasteiger partial charge on any atom is 0.262 e. The summed E-state index contributed by atoms with van der Waals surface area (Å²) in [6.07, 6.45) is 1.27. The Morgan fingerprint density at radius 3 is 2.82 bits per heavy atom. The van der Waals surface area contributed by atoms with Gasteiger partial charge in [-0.15, -0.1) is 5.10 Å². The summed E-state index contributed by atoms with van der Waals surface area (Å²) in [7, 11) is 0. The van der Waals surface area contributed by atoms with E-state index in [0.717, 1.165) is 23.7 Å². The van der Waals surface area contributed by atoms with Crippen LogP contribution in [0.4, 0.5) is 19.5 Å². The lowest BCUT2D eigenvalue weighted by Crippen LogP contribution is -2.16. The molecule has 0 aliphatic carbocycles. The first-order valence-corrected chi connectivity index (χ1v) is 5.19. The van der Waals surface area contributed by atoms with Crippen LogP contribution in [-0.4, -0.2) is 15.5 Å². The molecule has 1 aromatic heterocycles. The molecule has 8 heteroatoms. The molecular weight excluding hydrogens is 250 g/mol. The van der Waals surface area contributed by atoms with Crippen molar-refractivity contribution >= 4 is 28.1 Å². The number of anilines is 2. The number of carbonyl (C=O) groups is 1. The Bertz CT molecular complexity index is 558. The van der Waals surface area contributed by atoms with Gasteiger partial charge in [0.15, 0.2) is 5.82 Å². The summed E-state index contributed by atoms with van der Waals surface area (Å²) >= 11 is 0.893. The first-order chi connectivity index (χ1) is 8.09. The molecule has 0 aliphatic heterocycles. The third-order valence-corrected chi connectivity index (χ3v) is 2.53. The Labute approximate surface area is 98.4 Å². The Hall–Kier alpha value is -2.09. The van der Waals surface area contributed by atoms with E-state index in [-0.39, 0.29) is 10.7 Å². The molecular formula is C9H6F2N4OS. The quantitative estimate of drug-likeness (QED) is 0.800. The minimum absolute atomic E-state index is 0.288. The van der Waals surface area contributed by atoms with E-state index < -0.39 is 23.1 Å². The van der Waals surface area contributed by atoms with Gasteiger partial charge in [0.05, 0.1) is 11.9 Å². The summed E-state index contributed by atoms with van der Waals surface area (Å²) in [5, 5.41) is 6.03. The van der Waals surface area contributed by atoms with Gasteiger partial charge in [0.1, 0.15) is 16.4 Å². The fourth-order valence-electron chi connectivity index (χ4n) is 1.17. The van der Waals surface area contributed by atoms with Gasteiger partial charge in [0.2, 0.25) is 0 Å². The van der Waals surface area contributed by atoms with Crippen LogP contribution in [0.2, 0.25) is 0 Å². The van der Waals surface area contributed by atoms with Gasteiger partial charge in [0, 0.05) is 11.5 Å². The fourth-order valence-corrected chi connectivity index (χ4v) is 1.59. The zero-order valence-corrected chi connectivity index (χ0v) is 9.09.